The van der Waals surface area contributed by atoms with Gasteiger partial charge in [0.15, 0.2) is 0 Å². The zero-order chi connectivity index (χ0) is 13.5. The Balaban J connectivity index is 2.72. The Hall–Kier alpha value is -0.780. The van der Waals surface area contributed by atoms with Crippen LogP contribution in [0.15, 0.2) is 22.7 Å². The Bertz CT molecular complexity index is 409. The van der Waals surface area contributed by atoms with Crippen LogP contribution in [0.3, 0.4) is 0 Å². The molecule has 0 unspecified atom stereocenters. The van der Waals surface area contributed by atoms with Crippen LogP contribution in [0, 0.1) is 0 Å². The van der Waals surface area contributed by atoms with E-state index in [1.807, 2.05) is 6.92 Å². The Kier molecular flexibility index (Phi) is 6.46. The van der Waals surface area contributed by atoms with E-state index in [9.17, 15) is 4.79 Å². The number of rotatable bonds is 5. The molecule has 1 rings (SSSR count). The minimum atomic E-state index is -0.228. The number of aliphatic hydroxyl groups is 1. The number of aliphatic hydroxyl groups excluding tert-OH is 1. The van der Waals surface area contributed by atoms with Crippen LogP contribution >= 0.6 is 27.5 Å². The van der Waals surface area contributed by atoms with Crippen molar-refractivity contribution in [2.24, 2.45) is 0 Å². The normalized spacial score (nSPS) is 10.2. The fourth-order valence-electron chi connectivity index (χ4n) is 1.49. The fourth-order valence-corrected chi connectivity index (χ4v) is 2.27. The maximum atomic E-state index is 12.0. The Labute approximate surface area is 120 Å². The van der Waals surface area contributed by atoms with Crippen LogP contribution in [-0.4, -0.2) is 35.7 Å². The van der Waals surface area contributed by atoms with E-state index in [1.54, 1.807) is 23.1 Å². The average molecular weight is 336 g/mol. The first-order chi connectivity index (χ1) is 8.58. The molecule has 0 aromatic heterocycles. The summed E-state index contributed by atoms with van der Waals surface area (Å²) in [6.07, 6.45) is 0.842. The third-order valence-electron chi connectivity index (χ3n) is 2.32. The summed E-state index contributed by atoms with van der Waals surface area (Å²) in [5, 5.41) is 12.3. The number of amides is 2. The van der Waals surface area contributed by atoms with Crippen molar-refractivity contribution >= 4 is 39.2 Å². The molecule has 0 aliphatic rings. The van der Waals surface area contributed by atoms with Gasteiger partial charge < -0.3 is 15.3 Å². The van der Waals surface area contributed by atoms with Crippen LogP contribution in [0.2, 0.25) is 5.02 Å². The summed E-state index contributed by atoms with van der Waals surface area (Å²) in [4.78, 5) is 13.6. The molecular formula is C12H16BrClN2O2. The Morgan fingerprint density at radius 1 is 1.50 bits per heavy atom. The number of nitrogens with one attached hydrogen (secondary N) is 1. The Morgan fingerprint density at radius 2 is 2.22 bits per heavy atom. The van der Waals surface area contributed by atoms with Crippen molar-refractivity contribution in [3.05, 3.63) is 27.7 Å². The summed E-state index contributed by atoms with van der Waals surface area (Å²) < 4.78 is 0.726. The smallest absolute Gasteiger partial charge is 0.321 e. The molecule has 18 heavy (non-hydrogen) atoms. The van der Waals surface area contributed by atoms with Gasteiger partial charge in [0.1, 0.15) is 0 Å². The van der Waals surface area contributed by atoms with Gasteiger partial charge in [-0.3, -0.25) is 0 Å². The summed E-state index contributed by atoms with van der Waals surface area (Å²) in [6.45, 7) is 2.87. The number of anilines is 1. The number of hydrogen-bond donors (Lipinski definition) is 2. The van der Waals surface area contributed by atoms with Crippen LogP contribution < -0.4 is 5.32 Å². The maximum absolute atomic E-state index is 12.0. The van der Waals surface area contributed by atoms with Crippen LogP contribution in [0.1, 0.15) is 13.3 Å². The van der Waals surface area contributed by atoms with Crippen LogP contribution in [0.5, 0.6) is 0 Å². The number of halogens is 2. The third kappa shape index (κ3) is 4.48. The minimum Gasteiger partial charge on any atom is -0.395 e. The van der Waals surface area contributed by atoms with E-state index in [-0.39, 0.29) is 12.6 Å². The standard InChI is InChI=1S/C12H16BrClN2O2/c1-2-5-16(6-7-17)12(18)15-11-4-3-9(14)8-10(11)13/h3-4,8,17H,2,5-7H2,1H3,(H,15,18). The predicted molar refractivity (Wildman–Crippen MR) is 77.1 cm³/mol. The lowest BCUT2D eigenvalue weighted by atomic mass is 10.3. The van der Waals surface area contributed by atoms with Crippen molar-refractivity contribution in [3.8, 4) is 0 Å². The van der Waals surface area contributed by atoms with E-state index >= 15 is 0 Å². The first-order valence-corrected chi connectivity index (χ1v) is 6.87. The topological polar surface area (TPSA) is 52.6 Å². The second kappa shape index (κ2) is 7.61. The number of hydrogen-bond acceptors (Lipinski definition) is 2. The van der Waals surface area contributed by atoms with Gasteiger partial charge in [-0.25, -0.2) is 4.79 Å². The summed E-state index contributed by atoms with van der Waals surface area (Å²) in [7, 11) is 0. The molecule has 1 aromatic carbocycles. The molecule has 0 spiro atoms. The second-order valence-corrected chi connectivity index (χ2v) is 5.06. The van der Waals surface area contributed by atoms with E-state index in [1.165, 1.54) is 0 Å². The molecule has 0 radical (unpaired) electrons. The van der Waals surface area contributed by atoms with Gasteiger partial charge in [-0.15, -0.1) is 0 Å². The SMILES string of the molecule is CCCN(CCO)C(=O)Nc1ccc(Cl)cc1Br. The summed E-state index contributed by atoms with van der Waals surface area (Å²) >= 11 is 9.16. The van der Waals surface area contributed by atoms with E-state index in [2.05, 4.69) is 21.2 Å². The zero-order valence-corrected chi connectivity index (χ0v) is 12.5. The lowest BCUT2D eigenvalue weighted by Crippen LogP contribution is -2.37. The number of benzene rings is 1. The van der Waals surface area contributed by atoms with Gasteiger partial charge in [0.2, 0.25) is 0 Å². The van der Waals surface area contributed by atoms with Gasteiger partial charge in [0.25, 0.3) is 0 Å². The van der Waals surface area contributed by atoms with E-state index in [0.29, 0.717) is 23.8 Å². The third-order valence-corrected chi connectivity index (χ3v) is 3.21. The molecule has 0 saturated carbocycles. The molecule has 0 fully saturated rings. The highest BCUT2D eigenvalue weighted by Crippen LogP contribution is 2.26. The van der Waals surface area contributed by atoms with E-state index in [0.717, 1.165) is 10.9 Å². The van der Waals surface area contributed by atoms with Crippen molar-refractivity contribution in [1.82, 2.24) is 4.90 Å². The van der Waals surface area contributed by atoms with Crippen molar-refractivity contribution < 1.29 is 9.90 Å². The first kappa shape index (κ1) is 15.3. The molecule has 1 aromatic rings. The predicted octanol–water partition coefficient (Wildman–Crippen LogP) is 3.34. The summed E-state index contributed by atoms with van der Waals surface area (Å²) in [5.74, 6) is 0. The van der Waals surface area contributed by atoms with Crippen molar-refractivity contribution in [3.63, 3.8) is 0 Å². The molecule has 6 heteroatoms. The average Bonchev–Trinajstić information content (AvgIpc) is 2.32. The van der Waals surface area contributed by atoms with Gasteiger partial charge >= 0.3 is 6.03 Å². The highest BCUT2D eigenvalue weighted by atomic mass is 79.9. The van der Waals surface area contributed by atoms with Gasteiger partial charge in [0.05, 0.1) is 12.3 Å². The summed E-state index contributed by atoms with van der Waals surface area (Å²) in [6, 6.07) is 4.92. The number of carbonyl (C=O) groups excluding carboxylic acids is 1. The van der Waals surface area contributed by atoms with Gasteiger partial charge in [0, 0.05) is 22.6 Å². The maximum Gasteiger partial charge on any atom is 0.321 e. The van der Waals surface area contributed by atoms with Crippen LogP contribution in [0.4, 0.5) is 10.5 Å². The first-order valence-electron chi connectivity index (χ1n) is 5.70. The van der Waals surface area contributed by atoms with Gasteiger partial charge in [-0.1, -0.05) is 18.5 Å². The van der Waals surface area contributed by atoms with E-state index < -0.39 is 0 Å². The highest BCUT2D eigenvalue weighted by Gasteiger charge is 2.13. The second-order valence-electron chi connectivity index (χ2n) is 3.76. The lowest BCUT2D eigenvalue weighted by molar-refractivity contribution is 0.188. The molecule has 4 nitrogen and oxygen atoms in total. The Morgan fingerprint density at radius 3 is 2.78 bits per heavy atom. The molecule has 0 aliphatic carbocycles. The van der Waals surface area contributed by atoms with Crippen molar-refractivity contribution in [1.29, 1.82) is 0 Å². The largest absolute Gasteiger partial charge is 0.395 e. The molecular weight excluding hydrogens is 320 g/mol. The van der Waals surface area contributed by atoms with Crippen molar-refractivity contribution in [2.45, 2.75) is 13.3 Å². The molecule has 0 bridgehead atoms. The number of nitrogens with zero attached hydrogens (tertiary/aromatic N) is 1. The lowest BCUT2D eigenvalue weighted by Gasteiger charge is -2.21. The summed E-state index contributed by atoms with van der Waals surface area (Å²) in [5.41, 5.74) is 0.656. The molecule has 0 saturated heterocycles. The molecule has 0 heterocycles. The molecule has 2 amide bonds. The van der Waals surface area contributed by atoms with Gasteiger partial charge in [-0.2, -0.15) is 0 Å². The number of carbonyl (C=O) groups is 1. The minimum absolute atomic E-state index is 0.0464. The molecule has 0 atom stereocenters. The van der Waals surface area contributed by atoms with Crippen LogP contribution in [-0.2, 0) is 0 Å². The molecule has 100 valence electrons. The molecule has 2 N–H and O–H groups in total. The quantitative estimate of drug-likeness (QED) is 0.867. The zero-order valence-electron chi connectivity index (χ0n) is 10.1. The highest BCUT2D eigenvalue weighted by molar-refractivity contribution is 9.10. The van der Waals surface area contributed by atoms with Crippen LogP contribution in [0.25, 0.3) is 0 Å². The number of urea groups is 1. The monoisotopic (exact) mass is 334 g/mol. The van der Waals surface area contributed by atoms with E-state index in [4.69, 9.17) is 16.7 Å². The van der Waals surface area contributed by atoms with Gasteiger partial charge in [-0.05, 0) is 40.5 Å². The molecule has 0 aliphatic heterocycles. The van der Waals surface area contributed by atoms with Crippen molar-refractivity contribution in [2.75, 3.05) is 25.0 Å². The fraction of sp³-hybridized carbons (Fsp3) is 0.417.